The highest BCUT2D eigenvalue weighted by Gasteiger charge is 2.49. The van der Waals surface area contributed by atoms with Gasteiger partial charge in [0.05, 0.1) is 6.54 Å². The highest BCUT2D eigenvalue weighted by atomic mass is 79.9. The molecule has 1 fully saturated rings. The molecule has 1 aromatic carbocycles. The van der Waals surface area contributed by atoms with Gasteiger partial charge in [-0.3, -0.25) is 9.69 Å². The quantitative estimate of drug-likeness (QED) is 0.727. The first kappa shape index (κ1) is 18.0. The van der Waals surface area contributed by atoms with Gasteiger partial charge in [0.2, 0.25) is 0 Å². The van der Waals surface area contributed by atoms with E-state index in [1.807, 2.05) is 26.0 Å². The van der Waals surface area contributed by atoms with Crippen LogP contribution >= 0.6 is 15.9 Å². The summed E-state index contributed by atoms with van der Waals surface area (Å²) in [7, 11) is 0. The van der Waals surface area contributed by atoms with Crippen molar-refractivity contribution >= 4 is 27.9 Å². The van der Waals surface area contributed by atoms with E-state index in [0.29, 0.717) is 37.6 Å². The predicted molar refractivity (Wildman–Crippen MR) is 96.8 cm³/mol. The molecule has 0 saturated carbocycles. The summed E-state index contributed by atoms with van der Waals surface area (Å²) in [5.74, 6) is 1.18. The molecule has 2 aliphatic rings. The van der Waals surface area contributed by atoms with Crippen molar-refractivity contribution in [3.8, 4) is 11.5 Å². The third kappa shape index (κ3) is 3.34. The number of halogens is 1. The lowest BCUT2D eigenvalue weighted by atomic mass is 9.88. The number of carbonyl (C=O) groups excluding carboxylic acids is 2. The maximum absolute atomic E-state index is 13.0. The van der Waals surface area contributed by atoms with Crippen LogP contribution < -0.4 is 14.8 Å². The Hall–Kier alpha value is -1.76. The molecule has 1 aromatic rings. The smallest absolute Gasteiger partial charge is 0.325 e. The van der Waals surface area contributed by atoms with E-state index in [4.69, 9.17) is 9.47 Å². The van der Waals surface area contributed by atoms with E-state index < -0.39 is 5.54 Å². The summed E-state index contributed by atoms with van der Waals surface area (Å²) in [6.45, 7) is 5.26. The second kappa shape index (κ2) is 7.23. The Kier molecular flexibility index (Phi) is 5.22. The van der Waals surface area contributed by atoms with Gasteiger partial charge in [-0.15, -0.1) is 0 Å². The Bertz CT molecular complexity index is 686. The summed E-state index contributed by atoms with van der Waals surface area (Å²) in [6.07, 6.45) is 3.00. The van der Waals surface area contributed by atoms with Crippen molar-refractivity contribution in [2.45, 2.75) is 51.6 Å². The summed E-state index contributed by atoms with van der Waals surface area (Å²) in [6, 6.07) is 3.33. The molecule has 7 heteroatoms. The van der Waals surface area contributed by atoms with Crippen molar-refractivity contribution < 1.29 is 19.1 Å². The average molecular weight is 411 g/mol. The van der Waals surface area contributed by atoms with Crippen molar-refractivity contribution in [2.75, 3.05) is 13.2 Å². The number of nitrogens with zero attached hydrogens (tertiary/aromatic N) is 1. The average Bonchev–Trinajstić information content (AvgIpc) is 2.80. The molecule has 3 amide bonds. The fraction of sp³-hybridized carbons (Fsp3) is 0.556. The molecular formula is C18H23BrN2O4. The second-order valence-electron chi connectivity index (χ2n) is 6.49. The minimum atomic E-state index is -0.763. The molecule has 0 aromatic heterocycles. The van der Waals surface area contributed by atoms with Gasteiger partial charge in [0.1, 0.15) is 18.8 Å². The molecule has 0 bridgehead atoms. The van der Waals surface area contributed by atoms with Gasteiger partial charge >= 0.3 is 6.03 Å². The van der Waals surface area contributed by atoms with Gasteiger partial charge in [0.15, 0.2) is 11.5 Å². The lowest BCUT2D eigenvalue weighted by molar-refractivity contribution is -0.132. The predicted octanol–water partition coefficient (Wildman–Crippen LogP) is 3.61. The van der Waals surface area contributed by atoms with E-state index in [0.717, 1.165) is 22.9 Å². The Morgan fingerprint density at radius 1 is 1.12 bits per heavy atom. The van der Waals surface area contributed by atoms with Gasteiger partial charge in [-0.25, -0.2) is 4.79 Å². The number of carbonyl (C=O) groups is 2. The first-order chi connectivity index (χ1) is 12.0. The molecule has 3 rings (SSSR count). The molecule has 0 aliphatic carbocycles. The fourth-order valence-electron chi connectivity index (χ4n) is 3.53. The molecule has 6 nitrogen and oxygen atoms in total. The number of benzene rings is 1. The molecule has 0 radical (unpaired) electrons. The van der Waals surface area contributed by atoms with Crippen LogP contribution in [-0.4, -0.2) is 35.6 Å². The molecule has 2 heterocycles. The summed E-state index contributed by atoms with van der Waals surface area (Å²) >= 11 is 3.51. The van der Waals surface area contributed by atoms with Crippen LogP contribution in [0.3, 0.4) is 0 Å². The summed E-state index contributed by atoms with van der Waals surface area (Å²) in [5, 5.41) is 2.94. The van der Waals surface area contributed by atoms with Gasteiger partial charge < -0.3 is 14.8 Å². The van der Waals surface area contributed by atoms with Gasteiger partial charge in [0, 0.05) is 4.47 Å². The lowest BCUT2D eigenvalue weighted by Gasteiger charge is -2.26. The molecule has 0 spiro atoms. The van der Waals surface area contributed by atoms with Crippen LogP contribution in [0.2, 0.25) is 0 Å². The number of ether oxygens (including phenoxy) is 2. The Morgan fingerprint density at radius 2 is 1.72 bits per heavy atom. The summed E-state index contributed by atoms with van der Waals surface area (Å²) in [5.41, 5.74) is 0.0532. The van der Waals surface area contributed by atoms with Crippen molar-refractivity contribution in [2.24, 2.45) is 0 Å². The number of urea groups is 1. The standard InChI is InChI=1S/C18H23BrN2O4/c1-3-5-18(6-4-2)16(22)21(17(23)20-18)11-12-9-14-15(10-13(12)19)25-8-7-24-14/h9-10H,3-8,11H2,1-2H3,(H,20,23). The van der Waals surface area contributed by atoms with E-state index in [-0.39, 0.29) is 18.5 Å². The molecule has 1 N–H and O–H groups in total. The maximum atomic E-state index is 13.0. The Morgan fingerprint density at radius 3 is 2.32 bits per heavy atom. The van der Waals surface area contributed by atoms with E-state index >= 15 is 0 Å². The van der Waals surface area contributed by atoms with Crippen molar-refractivity contribution in [3.63, 3.8) is 0 Å². The Balaban J connectivity index is 1.85. The molecule has 0 unspecified atom stereocenters. The SMILES string of the molecule is CCCC1(CCC)NC(=O)N(Cc2cc3c(cc2Br)OCCO3)C1=O. The summed E-state index contributed by atoms with van der Waals surface area (Å²) < 4.78 is 12.0. The minimum Gasteiger partial charge on any atom is -0.486 e. The molecule has 1 saturated heterocycles. The van der Waals surface area contributed by atoms with Crippen molar-refractivity contribution in [1.29, 1.82) is 0 Å². The molecule has 136 valence electrons. The van der Waals surface area contributed by atoms with Crippen LogP contribution in [0, 0.1) is 0 Å². The number of hydrogen-bond donors (Lipinski definition) is 1. The fourth-order valence-corrected chi connectivity index (χ4v) is 3.98. The first-order valence-electron chi connectivity index (χ1n) is 8.73. The monoisotopic (exact) mass is 410 g/mol. The van der Waals surface area contributed by atoms with Gasteiger partial charge in [-0.1, -0.05) is 42.6 Å². The van der Waals surface area contributed by atoms with E-state index in [2.05, 4.69) is 21.2 Å². The largest absolute Gasteiger partial charge is 0.486 e. The number of fused-ring (bicyclic) bond motifs is 1. The minimum absolute atomic E-state index is 0.136. The highest BCUT2D eigenvalue weighted by molar-refractivity contribution is 9.10. The number of hydrogen-bond acceptors (Lipinski definition) is 4. The third-order valence-electron chi connectivity index (χ3n) is 4.64. The number of rotatable bonds is 6. The van der Waals surface area contributed by atoms with Crippen molar-refractivity contribution in [1.82, 2.24) is 10.2 Å². The van der Waals surface area contributed by atoms with Gasteiger partial charge in [0.25, 0.3) is 5.91 Å². The number of imide groups is 1. The van der Waals surface area contributed by atoms with E-state index in [1.165, 1.54) is 4.90 Å². The summed E-state index contributed by atoms with van der Waals surface area (Å²) in [4.78, 5) is 26.8. The van der Waals surface area contributed by atoms with E-state index in [9.17, 15) is 9.59 Å². The molecule has 0 atom stereocenters. The second-order valence-corrected chi connectivity index (χ2v) is 7.35. The number of nitrogens with one attached hydrogen (secondary N) is 1. The van der Waals surface area contributed by atoms with Crippen LogP contribution in [-0.2, 0) is 11.3 Å². The molecule has 2 aliphatic heterocycles. The van der Waals surface area contributed by atoms with Gasteiger partial charge in [-0.2, -0.15) is 0 Å². The number of amides is 3. The van der Waals surface area contributed by atoms with Crippen molar-refractivity contribution in [3.05, 3.63) is 22.2 Å². The zero-order valence-corrected chi connectivity index (χ0v) is 16.1. The first-order valence-corrected chi connectivity index (χ1v) is 9.52. The van der Waals surface area contributed by atoms with Crippen LogP contribution in [0.25, 0.3) is 0 Å². The van der Waals surface area contributed by atoms with Crippen LogP contribution in [0.4, 0.5) is 4.79 Å². The Labute approximate surface area is 156 Å². The normalized spacial score (nSPS) is 18.4. The van der Waals surface area contributed by atoms with Gasteiger partial charge in [-0.05, 0) is 30.5 Å². The molecular weight excluding hydrogens is 388 g/mol. The molecule has 25 heavy (non-hydrogen) atoms. The van der Waals surface area contributed by atoms with E-state index in [1.54, 1.807) is 0 Å². The zero-order chi connectivity index (χ0) is 18.0. The van der Waals surface area contributed by atoms with Crippen LogP contribution in [0.15, 0.2) is 16.6 Å². The van der Waals surface area contributed by atoms with Crippen LogP contribution in [0.1, 0.15) is 45.1 Å². The maximum Gasteiger partial charge on any atom is 0.325 e. The third-order valence-corrected chi connectivity index (χ3v) is 5.38. The lowest BCUT2D eigenvalue weighted by Crippen LogP contribution is -2.46. The highest BCUT2D eigenvalue weighted by Crippen LogP contribution is 2.37. The zero-order valence-electron chi connectivity index (χ0n) is 14.6. The topological polar surface area (TPSA) is 67.9 Å². The van der Waals surface area contributed by atoms with Crippen LogP contribution in [0.5, 0.6) is 11.5 Å².